The molecule has 0 aliphatic carbocycles. The molecule has 3 N–H and O–H groups in total. The van der Waals surface area contributed by atoms with Crippen LogP contribution in [-0.2, 0) is 10.1 Å². The number of hydrogen-bond acceptors (Lipinski definition) is 7. The van der Waals surface area contributed by atoms with Crippen LogP contribution < -0.4 is 35.3 Å². The molecule has 0 saturated carbocycles. The van der Waals surface area contributed by atoms with Crippen molar-refractivity contribution in [3.8, 4) is 5.75 Å². The minimum absolute atomic E-state index is 0. The van der Waals surface area contributed by atoms with Gasteiger partial charge in [0.05, 0.1) is 9.82 Å². The molecule has 82 valence electrons. The van der Waals surface area contributed by atoms with Gasteiger partial charge < -0.3 is 15.4 Å². The van der Waals surface area contributed by atoms with E-state index < -0.39 is 37.1 Å². The molecular formula is C6H5N2NaO6S. The third-order valence-corrected chi connectivity index (χ3v) is 2.41. The van der Waals surface area contributed by atoms with Crippen LogP contribution in [0.4, 0.5) is 11.4 Å². The summed E-state index contributed by atoms with van der Waals surface area (Å²) in [5.41, 5.74) is 3.69. The number of aromatic hydroxyl groups is 1. The zero-order valence-corrected chi connectivity index (χ0v) is 10.9. The summed E-state index contributed by atoms with van der Waals surface area (Å²) in [7, 11) is -4.87. The summed E-state index contributed by atoms with van der Waals surface area (Å²) >= 11 is 0. The van der Waals surface area contributed by atoms with Crippen molar-refractivity contribution in [1.29, 1.82) is 0 Å². The SMILES string of the molecule is Nc1c(O)cc(S(=O)(=O)[O-])cc1[N+](=O)[O-].[Na+]. The van der Waals surface area contributed by atoms with E-state index in [9.17, 15) is 23.1 Å². The Morgan fingerprint density at radius 3 is 2.25 bits per heavy atom. The Morgan fingerprint density at radius 1 is 1.38 bits per heavy atom. The van der Waals surface area contributed by atoms with Gasteiger partial charge in [0.15, 0.2) is 5.69 Å². The van der Waals surface area contributed by atoms with Crippen LogP contribution in [0, 0.1) is 10.1 Å². The van der Waals surface area contributed by atoms with Crippen LogP contribution in [0.3, 0.4) is 0 Å². The monoisotopic (exact) mass is 256 g/mol. The van der Waals surface area contributed by atoms with Crippen molar-refractivity contribution in [2.45, 2.75) is 4.90 Å². The Balaban J connectivity index is 0.00000225. The number of benzene rings is 1. The van der Waals surface area contributed by atoms with Crippen LogP contribution in [-0.4, -0.2) is 23.0 Å². The first-order valence-electron chi connectivity index (χ1n) is 3.46. The van der Waals surface area contributed by atoms with Crippen molar-refractivity contribution in [2.24, 2.45) is 0 Å². The molecule has 8 nitrogen and oxygen atoms in total. The van der Waals surface area contributed by atoms with E-state index in [4.69, 9.17) is 10.8 Å². The molecule has 1 aromatic rings. The van der Waals surface area contributed by atoms with Crippen molar-refractivity contribution in [2.75, 3.05) is 5.73 Å². The van der Waals surface area contributed by atoms with E-state index in [1.807, 2.05) is 0 Å². The van der Waals surface area contributed by atoms with Gasteiger partial charge in [-0.3, -0.25) is 10.1 Å². The zero-order valence-electron chi connectivity index (χ0n) is 8.08. The fourth-order valence-corrected chi connectivity index (χ4v) is 1.41. The molecule has 0 aromatic heterocycles. The normalized spacial score (nSPS) is 10.6. The smallest absolute Gasteiger partial charge is 0.744 e. The first-order chi connectivity index (χ1) is 6.73. The van der Waals surface area contributed by atoms with E-state index in [-0.39, 0.29) is 29.6 Å². The number of phenolic OH excluding ortho intramolecular Hbond substituents is 1. The van der Waals surface area contributed by atoms with Gasteiger partial charge in [-0.2, -0.15) is 0 Å². The van der Waals surface area contributed by atoms with Crippen LogP contribution in [0.1, 0.15) is 0 Å². The van der Waals surface area contributed by atoms with Crippen molar-refractivity contribution in [3.05, 3.63) is 22.2 Å². The Labute approximate surface area is 112 Å². The third-order valence-electron chi connectivity index (χ3n) is 1.60. The van der Waals surface area contributed by atoms with Gasteiger partial charge in [0.2, 0.25) is 0 Å². The number of nitro groups is 1. The molecule has 0 unspecified atom stereocenters. The van der Waals surface area contributed by atoms with E-state index in [0.29, 0.717) is 12.1 Å². The first-order valence-corrected chi connectivity index (χ1v) is 4.87. The molecule has 0 bridgehead atoms. The minimum atomic E-state index is -4.87. The van der Waals surface area contributed by atoms with E-state index in [0.717, 1.165) is 0 Å². The summed E-state index contributed by atoms with van der Waals surface area (Å²) in [6.07, 6.45) is 0. The number of nitrogens with zero attached hydrogens (tertiary/aromatic N) is 1. The number of nitro benzene ring substituents is 1. The van der Waals surface area contributed by atoms with E-state index >= 15 is 0 Å². The van der Waals surface area contributed by atoms with Gasteiger partial charge in [0, 0.05) is 12.1 Å². The summed E-state index contributed by atoms with van der Waals surface area (Å²) in [5, 5.41) is 19.4. The van der Waals surface area contributed by atoms with Gasteiger partial charge >= 0.3 is 29.6 Å². The van der Waals surface area contributed by atoms with Crippen LogP contribution in [0.25, 0.3) is 0 Å². The van der Waals surface area contributed by atoms with Crippen molar-refractivity contribution in [3.63, 3.8) is 0 Å². The molecule has 0 atom stereocenters. The maximum atomic E-state index is 10.5. The van der Waals surface area contributed by atoms with E-state index in [2.05, 4.69) is 0 Å². The van der Waals surface area contributed by atoms with Crippen LogP contribution in [0.2, 0.25) is 0 Å². The summed E-state index contributed by atoms with van der Waals surface area (Å²) in [6.45, 7) is 0. The second-order valence-electron chi connectivity index (χ2n) is 2.59. The van der Waals surface area contributed by atoms with Crippen LogP contribution in [0.5, 0.6) is 5.75 Å². The minimum Gasteiger partial charge on any atom is -0.744 e. The number of rotatable bonds is 2. The Morgan fingerprint density at radius 2 is 1.88 bits per heavy atom. The predicted molar refractivity (Wildman–Crippen MR) is 47.1 cm³/mol. The predicted octanol–water partition coefficient (Wildman–Crippen LogP) is -3.21. The van der Waals surface area contributed by atoms with Crippen LogP contribution >= 0.6 is 0 Å². The largest absolute Gasteiger partial charge is 1.00 e. The van der Waals surface area contributed by atoms with Gasteiger partial charge in [0.1, 0.15) is 15.9 Å². The molecule has 16 heavy (non-hydrogen) atoms. The molecular weight excluding hydrogens is 251 g/mol. The van der Waals surface area contributed by atoms with Gasteiger partial charge in [-0.1, -0.05) is 0 Å². The topological polar surface area (TPSA) is 147 Å². The van der Waals surface area contributed by atoms with E-state index in [1.54, 1.807) is 0 Å². The number of phenols is 1. The first kappa shape index (κ1) is 15.1. The average Bonchev–Trinajstić information content (AvgIpc) is 2.06. The van der Waals surface area contributed by atoms with Gasteiger partial charge in [0.25, 0.3) is 5.69 Å². The van der Waals surface area contributed by atoms with Crippen LogP contribution in [0.15, 0.2) is 17.0 Å². The van der Waals surface area contributed by atoms with Crippen molar-refractivity contribution < 1.29 is 52.6 Å². The third kappa shape index (κ3) is 3.06. The van der Waals surface area contributed by atoms with Gasteiger partial charge in [-0.05, 0) is 0 Å². The fraction of sp³-hybridized carbons (Fsp3) is 0. The molecule has 10 heteroatoms. The van der Waals surface area contributed by atoms with Gasteiger partial charge in [-0.25, -0.2) is 8.42 Å². The second-order valence-corrected chi connectivity index (χ2v) is 3.97. The molecule has 0 fully saturated rings. The van der Waals surface area contributed by atoms with E-state index in [1.165, 1.54) is 0 Å². The Kier molecular flexibility index (Phi) is 4.70. The molecule has 0 radical (unpaired) electrons. The number of nitrogens with two attached hydrogens (primary N) is 1. The second kappa shape index (κ2) is 4.97. The number of hydrogen-bond donors (Lipinski definition) is 2. The standard InChI is InChI=1S/C6H6N2O6S.Na/c7-6-4(8(10)11)1-3(2-5(6)9)15(12,13)14;/h1-2,9H,7H2,(H,12,13,14);/q;+1/p-1. The van der Waals surface area contributed by atoms with Crippen molar-refractivity contribution in [1.82, 2.24) is 0 Å². The van der Waals surface area contributed by atoms with Crippen molar-refractivity contribution >= 4 is 21.5 Å². The molecule has 1 rings (SSSR count). The Hall–Kier alpha value is -0.870. The summed E-state index contributed by atoms with van der Waals surface area (Å²) in [6, 6.07) is 1.06. The summed E-state index contributed by atoms with van der Waals surface area (Å²) in [5.74, 6) is -0.821. The Bertz CT molecular complexity index is 528. The zero-order chi connectivity index (χ0) is 11.8. The number of nitrogen functional groups attached to an aromatic ring is 1. The molecule has 0 aliphatic rings. The average molecular weight is 256 g/mol. The maximum Gasteiger partial charge on any atom is 1.00 e. The summed E-state index contributed by atoms with van der Waals surface area (Å²) in [4.78, 5) is 8.47. The van der Waals surface area contributed by atoms with Gasteiger partial charge in [-0.15, -0.1) is 0 Å². The molecule has 0 saturated heterocycles. The maximum absolute atomic E-state index is 10.5. The fourth-order valence-electron chi connectivity index (χ4n) is 0.893. The molecule has 0 aliphatic heterocycles. The molecule has 1 aromatic carbocycles. The quantitative estimate of drug-likeness (QED) is 0.141. The number of anilines is 1. The summed E-state index contributed by atoms with van der Waals surface area (Å²) < 4.78 is 31.6. The molecule has 0 heterocycles. The molecule has 0 spiro atoms. The molecule has 0 amide bonds.